The van der Waals surface area contributed by atoms with Crippen LogP contribution in [0.1, 0.15) is 35.6 Å². The largest absolute Gasteiger partial charge is 0.352 e. The van der Waals surface area contributed by atoms with E-state index in [0.717, 1.165) is 34.4 Å². The molecule has 0 aliphatic carbocycles. The lowest BCUT2D eigenvalue weighted by atomic mass is 10.0. The minimum atomic E-state index is -0.296. The molecular weight excluding hydrogens is 324 g/mol. The molecule has 0 spiro atoms. The molecule has 2 amide bonds. The van der Waals surface area contributed by atoms with Crippen LogP contribution >= 0.6 is 0 Å². The summed E-state index contributed by atoms with van der Waals surface area (Å²) in [6.45, 7) is 7.10. The van der Waals surface area contributed by atoms with Crippen molar-refractivity contribution in [3.63, 3.8) is 0 Å². The van der Waals surface area contributed by atoms with Gasteiger partial charge in [0, 0.05) is 25.2 Å². The monoisotopic (exact) mass is 350 g/mol. The molecule has 1 aliphatic heterocycles. The van der Waals surface area contributed by atoms with Gasteiger partial charge in [0.25, 0.3) is 0 Å². The van der Waals surface area contributed by atoms with Gasteiger partial charge in [-0.2, -0.15) is 0 Å². The van der Waals surface area contributed by atoms with E-state index in [2.05, 4.69) is 18.3 Å². The Kier molecular flexibility index (Phi) is 5.40. The molecule has 0 bridgehead atoms. The first-order valence-electron chi connectivity index (χ1n) is 9.22. The Bertz CT molecular complexity index is 829. The number of anilines is 1. The van der Waals surface area contributed by atoms with E-state index < -0.39 is 0 Å². The number of benzene rings is 2. The highest BCUT2D eigenvalue weighted by Crippen LogP contribution is 2.31. The standard InChI is InChI=1S/C22H26N2O2/c1-4-17-11-7-9-16(3)21(17)24-14-19(12-20(24)25)22(26)23-13-18-10-6-5-8-15(18)2/h5-11,19H,4,12-14H2,1-3H3,(H,23,26). The van der Waals surface area contributed by atoms with Gasteiger partial charge in [0.2, 0.25) is 11.8 Å². The van der Waals surface area contributed by atoms with Crippen molar-refractivity contribution >= 4 is 17.5 Å². The van der Waals surface area contributed by atoms with Crippen LogP contribution in [0.3, 0.4) is 0 Å². The van der Waals surface area contributed by atoms with Crippen molar-refractivity contribution in [1.82, 2.24) is 5.32 Å². The number of hydrogen-bond donors (Lipinski definition) is 1. The minimum Gasteiger partial charge on any atom is -0.352 e. The smallest absolute Gasteiger partial charge is 0.227 e. The predicted molar refractivity (Wildman–Crippen MR) is 104 cm³/mol. The van der Waals surface area contributed by atoms with Gasteiger partial charge < -0.3 is 10.2 Å². The Balaban J connectivity index is 1.70. The normalized spacial score (nSPS) is 16.8. The third-order valence-electron chi connectivity index (χ3n) is 5.18. The summed E-state index contributed by atoms with van der Waals surface area (Å²) < 4.78 is 0. The van der Waals surface area contributed by atoms with Gasteiger partial charge in [-0.15, -0.1) is 0 Å². The molecule has 1 atom stereocenters. The molecule has 1 aliphatic rings. The van der Waals surface area contributed by atoms with E-state index in [-0.39, 0.29) is 24.2 Å². The summed E-state index contributed by atoms with van der Waals surface area (Å²) in [5, 5.41) is 3.00. The quantitative estimate of drug-likeness (QED) is 0.897. The van der Waals surface area contributed by atoms with Gasteiger partial charge in [0.1, 0.15) is 0 Å². The maximum Gasteiger partial charge on any atom is 0.227 e. The van der Waals surface area contributed by atoms with Crippen LogP contribution in [0.2, 0.25) is 0 Å². The van der Waals surface area contributed by atoms with Gasteiger partial charge in [-0.05, 0) is 42.5 Å². The van der Waals surface area contributed by atoms with E-state index in [1.165, 1.54) is 0 Å². The molecule has 4 heteroatoms. The van der Waals surface area contributed by atoms with E-state index in [1.54, 1.807) is 4.90 Å². The van der Waals surface area contributed by atoms with Gasteiger partial charge in [-0.3, -0.25) is 9.59 Å². The van der Waals surface area contributed by atoms with Crippen molar-refractivity contribution in [2.75, 3.05) is 11.4 Å². The van der Waals surface area contributed by atoms with Crippen LogP contribution in [0.15, 0.2) is 42.5 Å². The zero-order chi connectivity index (χ0) is 18.7. The molecule has 1 fully saturated rings. The molecule has 3 rings (SSSR count). The zero-order valence-corrected chi connectivity index (χ0v) is 15.7. The summed E-state index contributed by atoms with van der Waals surface area (Å²) in [5.41, 5.74) is 5.48. The lowest BCUT2D eigenvalue weighted by molar-refractivity contribution is -0.126. The second kappa shape index (κ2) is 7.73. The van der Waals surface area contributed by atoms with Gasteiger partial charge in [0.05, 0.1) is 5.92 Å². The predicted octanol–water partition coefficient (Wildman–Crippen LogP) is 3.54. The molecule has 2 aromatic carbocycles. The van der Waals surface area contributed by atoms with Gasteiger partial charge in [-0.25, -0.2) is 0 Å². The topological polar surface area (TPSA) is 49.4 Å². The van der Waals surface area contributed by atoms with E-state index in [9.17, 15) is 9.59 Å². The summed E-state index contributed by atoms with van der Waals surface area (Å²) in [7, 11) is 0. The van der Waals surface area contributed by atoms with Crippen molar-refractivity contribution in [1.29, 1.82) is 0 Å². The van der Waals surface area contributed by atoms with Crippen molar-refractivity contribution in [3.8, 4) is 0 Å². The third-order valence-corrected chi connectivity index (χ3v) is 5.18. The Morgan fingerprint density at radius 1 is 1.08 bits per heavy atom. The summed E-state index contributed by atoms with van der Waals surface area (Å²) in [6.07, 6.45) is 1.14. The number of nitrogens with one attached hydrogen (secondary N) is 1. The van der Waals surface area contributed by atoms with Crippen molar-refractivity contribution in [3.05, 3.63) is 64.7 Å². The highest BCUT2D eigenvalue weighted by molar-refractivity contribution is 6.01. The number of rotatable bonds is 5. The van der Waals surface area contributed by atoms with Crippen LogP contribution in [-0.2, 0) is 22.6 Å². The van der Waals surface area contributed by atoms with E-state index in [0.29, 0.717) is 13.1 Å². The molecule has 2 aromatic rings. The first-order valence-corrected chi connectivity index (χ1v) is 9.22. The summed E-state index contributed by atoms with van der Waals surface area (Å²) >= 11 is 0. The van der Waals surface area contributed by atoms with Gasteiger partial charge >= 0.3 is 0 Å². The molecule has 4 nitrogen and oxygen atoms in total. The SMILES string of the molecule is CCc1cccc(C)c1N1CC(C(=O)NCc2ccccc2C)CC1=O. The molecule has 1 saturated heterocycles. The Labute approximate surface area is 155 Å². The first kappa shape index (κ1) is 18.2. The number of hydrogen-bond acceptors (Lipinski definition) is 2. The minimum absolute atomic E-state index is 0.0324. The van der Waals surface area contributed by atoms with Crippen LogP contribution in [-0.4, -0.2) is 18.4 Å². The molecule has 1 heterocycles. The number of aryl methyl sites for hydroxylation is 3. The summed E-state index contributed by atoms with van der Waals surface area (Å²) in [6, 6.07) is 14.1. The molecule has 0 aromatic heterocycles. The average Bonchev–Trinajstić information content (AvgIpc) is 3.02. The first-order chi connectivity index (χ1) is 12.5. The van der Waals surface area contributed by atoms with Gasteiger partial charge in [0.15, 0.2) is 0 Å². The van der Waals surface area contributed by atoms with Crippen LogP contribution in [0, 0.1) is 19.8 Å². The van der Waals surface area contributed by atoms with Crippen LogP contribution in [0.25, 0.3) is 0 Å². The molecule has 26 heavy (non-hydrogen) atoms. The molecular formula is C22H26N2O2. The maximum atomic E-state index is 12.6. The zero-order valence-electron chi connectivity index (χ0n) is 15.7. The Morgan fingerprint density at radius 2 is 1.77 bits per heavy atom. The number of para-hydroxylation sites is 1. The maximum absolute atomic E-state index is 12.6. The highest BCUT2D eigenvalue weighted by atomic mass is 16.2. The third kappa shape index (κ3) is 3.64. The Hall–Kier alpha value is -2.62. The van der Waals surface area contributed by atoms with Crippen molar-refractivity contribution in [2.45, 2.75) is 40.2 Å². The van der Waals surface area contributed by atoms with Crippen LogP contribution < -0.4 is 10.2 Å². The highest BCUT2D eigenvalue weighted by Gasteiger charge is 2.36. The number of carbonyl (C=O) groups excluding carboxylic acids is 2. The van der Waals surface area contributed by atoms with Crippen LogP contribution in [0.5, 0.6) is 0 Å². The molecule has 136 valence electrons. The lowest BCUT2D eigenvalue weighted by Gasteiger charge is -2.22. The molecule has 0 saturated carbocycles. The van der Waals surface area contributed by atoms with E-state index in [1.807, 2.05) is 50.2 Å². The second-order valence-corrected chi connectivity index (χ2v) is 6.99. The Morgan fingerprint density at radius 3 is 2.50 bits per heavy atom. The fourth-order valence-corrected chi connectivity index (χ4v) is 3.63. The van der Waals surface area contributed by atoms with Gasteiger partial charge in [-0.1, -0.05) is 49.4 Å². The van der Waals surface area contributed by atoms with Crippen molar-refractivity contribution in [2.24, 2.45) is 5.92 Å². The van der Waals surface area contributed by atoms with Crippen molar-refractivity contribution < 1.29 is 9.59 Å². The fraction of sp³-hybridized carbons (Fsp3) is 0.364. The van der Waals surface area contributed by atoms with Crippen LogP contribution in [0.4, 0.5) is 5.69 Å². The molecule has 0 radical (unpaired) electrons. The number of nitrogens with zero attached hydrogens (tertiary/aromatic N) is 1. The second-order valence-electron chi connectivity index (χ2n) is 6.99. The average molecular weight is 350 g/mol. The summed E-state index contributed by atoms with van der Waals surface area (Å²) in [5.74, 6) is -0.309. The number of carbonyl (C=O) groups is 2. The van der Waals surface area contributed by atoms with E-state index >= 15 is 0 Å². The lowest BCUT2D eigenvalue weighted by Crippen LogP contribution is -2.33. The molecule has 1 N–H and O–H groups in total. The van der Waals surface area contributed by atoms with E-state index in [4.69, 9.17) is 0 Å². The molecule has 1 unspecified atom stereocenters. The fourth-order valence-electron chi connectivity index (χ4n) is 3.63. The number of amides is 2. The summed E-state index contributed by atoms with van der Waals surface area (Å²) in [4.78, 5) is 27.0.